The molecule has 0 spiro atoms. The molecule has 3 aromatic carbocycles. The number of carbonyl (C=O) groups excluding carboxylic acids is 1. The summed E-state index contributed by atoms with van der Waals surface area (Å²) < 4.78 is 30.9. The summed E-state index contributed by atoms with van der Waals surface area (Å²) in [7, 11) is -1.75. The van der Waals surface area contributed by atoms with E-state index in [0.717, 1.165) is 47.7 Å². The van der Waals surface area contributed by atoms with Gasteiger partial charge in [0.05, 0.1) is 11.4 Å². The molecule has 5 N–H and O–H groups in total. The van der Waals surface area contributed by atoms with Crippen LogP contribution in [-0.4, -0.2) is 60.8 Å². The summed E-state index contributed by atoms with van der Waals surface area (Å²) in [5, 5.41) is 13.6. The van der Waals surface area contributed by atoms with Crippen LogP contribution in [0.4, 0.5) is 5.69 Å². The van der Waals surface area contributed by atoms with Crippen molar-refractivity contribution in [1.29, 1.82) is 5.41 Å². The molecular formula is C32H33N7O3S. The third-order valence-corrected chi connectivity index (χ3v) is 9.29. The number of nitrogen functional groups attached to an aromatic ring is 1. The van der Waals surface area contributed by atoms with Crippen molar-refractivity contribution in [1.82, 2.24) is 19.8 Å². The van der Waals surface area contributed by atoms with Gasteiger partial charge in [0.2, 0.25) is 0 Å². The van der Waals surface area contributed by atoms with Crippen LogP contribution in [0.3, 0.4) is 0 Å². The molecule has 6 rings (SSSR count). The van der Waals surface area contributed by atoms with Gasteiger partial charge in [-0.3, -0.25) is 14.9 Å². The van der Waals surface area contributed by atoms with Crippen LogP contribution < -0.4 is 15.8 Å². The molecule has 5 aromatic rings. The quantitative estimate of drug-likeness (QED) is 0.157. The zero-order valence-corrected chi connectivity index (χ0v) is 24.6. The number of carbonyl (C=O) groups is 1. The van der Waals surface area contributed by atoms with E-state index in [1.54, 1.807) is 54.6 Å². The number of nitrogens with zero attached hydrogens (tertiary/aromatic N) is 3. The molecule has 1 aliphatic rings. The highest BCUT2D eigenvalue weighted by Crippen LogP contribution is 2.29. The van der Waals surface area contributed by atoms with Gasteiger partial charge in [-0.05, 0) is 91.8 Å². The molecule has 2 aromatic heterocycles. The maximum Gasteiger partial charge on any atom is 0.268 e. The van der Waals surface area contributed by atoms with Crippen LogP contribution in [0.25, 0.3) is 21.8 Å². The van der Waals surface area contributed by atoms with Crippen molar-refractivity contribution in [3.8, 4) is 0 Å². The number of hydrogen-bond donors (Lipinski definition) is 4. The first-order valence-electron chi connectivity index (χ1n) is 14.1. The van der Waals surface area contributed by atoms with Gasteiger partial charge in [0.25, 0.3) is 15.9 Å². The minimum atomic E-state index is -3.83. The van der Waals surface area contributed by atoms with Gasteiger partial charge in [0.1, 0.15) is 22.9 Å². The van der Waals surface area contributed by atoms with Crippen molar-refractivity contribution in [2.45, 2.75) is 30.3 Å². The Morgan fingerprint density at radius 3 is 2.44 bits per heavy atom. The number of pyridine rings is 1. The summed E-state index contributed by atoms with van der Waals surface area (Å²) in [6.45, 7) is 2.06. The SMILES string of the molecule is CN1CCC(NC(=O)c2cc3ccc(C(=N)N)nc3n2Cc2cc(NS(=O)(=O)c3ccccc3)cc3ccccc23)CC1. The number of amidine groups is 1. The van der Waals surface area contributed by atoms with Crippen molar-refractivity contribution in [3.05, 3.63) is 102 Å². The number of piperidine rings is 1. The van der Waals surface area contributed by atoms with Gasteiger partial charge in [-0.25, -0.2) is 13.4 Å². The fourth-order valence-corrected chi connectivity index (χ4v) is 6.66. The van der Waals surface area contributed by atoms with Gasteiger partial charge in [-0.15, -0.1) is 0 Å². The van der Waals surface area contributed by atoms with Crippen LogP contribution in [0.2, 0.25) is 0 Å². The highest BCUT2D eigenvalue weighted by Gasteiger charge is 2.24. The zero-order chi connectivity index (χ0) is 30.1. The summed E-state index contributed by atoms with van der Waals surface area (Å²) in [5.74, 6) is -0.378. The van der Waals surface area contributed by atoms with Gasteiger partial charge < -0.3 is 20.5 Å². The molecule has 1 fully saturated rings. The number of aromatic nitrogens is 2. The lowest BCUT2D eigenvalue weighted by Gasteiger charge is -2.29. The number of amides is 1. The first-order chi connectivity index (χ1) is 20.7. The van der Waals surface area contributed by atoms with Crippen LogP contribution in [0.5, 0.6) is 0 Å². The molecule has 0 bridgehead atoms. The number of benzene rings is 3. The van der Waals surface area contributed by atoms with Crippen LogP contribution in [0, 0.1) is 5.41 Å². The van der Waals surface area contributed by atoms with Crippen molar-refractivity contribution >= 4 is 49.3 Å². The van der Waals surface area contributed by atoms with E-state index in [2.05, 4.69) is 27.0 Å². The maximum atomic E-state index is 13.7. The van der Waals surface area contributed by atoms with Crippen molar-refractivity contribution in [2.24, 2.45) is 5.73 Å². The molecule has 0 atom stereocenters. The second-order valence-electron chi connectivity index (χ2n) is 11.0. The molecular weight excluding hydrogens is 562 g/mol. The monoisotopic (exact) mass is 595 g/mol. The average molecular weight is 596 g/mol. The Labute approximate surface area is 250 Å². The van der Waals surface area contributed by atoms with E-state index in [4.69, 9.17) is 11.1 Å². The molecule has 11 heteroatoms. The Balaban J connectivity index is 1.43. The normalized spacial score (nSPS) is 14.6. The molecule has 10 nitrogen and oxygen atoms in total. The third-order valence-electron chi connectivity index (χ3n) is 7.89. The van der Waals surface area contributed by atoms with E-state index in [0.29, 0.717) is 22.7 Å². The van der Waals surface area contributed by atoms with Crippen molar-refractivity contribution < 1.29 is 13.2 Å². The van der Waals surface area contributed by atoms with E-state index >= 15 is 0 Å². The topological polar surface area (TPSA) is 146 Å². The van der Waals surface area contributed by atoms with E-state index in [-0.39, 0.29) is 29.2 Å². The zero-order valence-electron chi connectivity index (χ0n) is 23.7. The number of anilines is 1. The Morgan fingerprint density at radius 2 is 1.70 bits per heavy atom. The number of nitrogens with two attached hydrogens (primary N) is 1. The third kappa shape index (κ3) is 5.95. The lowest BCUT2D eigenvalue weighted by atomic mass is 10.0. The summed E-state index contributed by atoms with van der Waals surface area (Å²) in [6, 6.07) is 24.9. The fourth-order valence-electron chi connectivity index (χ4n) is 5.60. The summed E-state index contributed by atoms with van der Waals surface area (Å²) in [6.07, 6.45) is 1.73. The molecule has 0 unspecified atom stereocenters. The van der Waals surface area contributed by atoms with E-state index in [1.165, 1.54) is 0 Å². The molecule has 0 aliphatic carbocycles. The first kappa shape index (κ1) is 28.4. The molecule has 220 valence electrons. The molecule has 1 aliphatic heterocycles. The van der Waals surface area contributed by atoms with Gasteiger partial charge >= 0.3 is 0 Å². The van der Waals surface area contributed by atoms with Crippen molar-refractivity contribution in [3.63, 3.8) is 0 Å². The molecule has 0 radical (unpaired) electrons. The second-order valence-corrected chi connectivity index (χ2v) is 12.6. The van der Waals surface area contributed by atoms with Gasteiger partial charge in [0.15, 0.2) is 0 Å². The van der Waals surface area contributed by atoms with Crippen LogP contribution in [0.1, 0.15) is 34.6 Å². The molecule has 1 saturated heterocycles. The fraction of sp³-hybridized carbons (Fsp3) is 0.219. The lowest BCUT2D eigenvalue weighted by molar-refractivity contribution is 0.0908. The summed E-state index contributed by atoms with van der Waals surface area (Å²) in [5.41, 5.74) is 8.23. The highest BCUT2D eigenvalue weighted by molar-refractivity contribution is 7.92. The number of likely N-dealkylation sites (tertiary alicyclic amines) is 1. The minimum Gasteiger partial charge on any atom is -0.382 e. The Bertz CT molecular complexity index is 1950. The van der Waals surface area contributed by atoms with Crippen LogP contribution in [-0.2, 0) is 16.6 Å². The smallest absolute Gasteiger partial charge is 0.268 e. The summed E-state index contributed by atoms with van der Waals surface area (Å²) in [4.78, 5) is 20.8. The van der Waals surface area contributed by atoms with Crippen LogP contribution in [0.15, 0.2) is 89.8 Å². The number of hydrogen-bond acceptors (Lipinski definition) is 6. The van der Waals surface area contributed by atoms with Crippen molar-refractivity contribution in [2.75, 3.05) is 24.9 Å². The highest BCUT2D eigenvalue weighted by atomic mass is 32.2. The Kier molecular flexibility index (Phi) is 7.59. The maximum absolute atomic E-state index is 13.7. The standard InChI is InChI=1S/C32H33N7O3S/c1-38-15-13-24(14-16-38)35-32(40)29-19-22-11-12-28(30(33)34)36-31(22)39(29)20-23-18-25(17-21-7-5-6-10-27(21)23)37-43(41,42)26-8-3-2-4-9-26/h2-12,17-19,24,37H,13-16,20H2,1H3,(H3,33,34)(H,35,40). The molecule has 0 saturated carbocycles. The van der Waals surface area contributed by atoms with Crippen LogP contribution >= 0.6 is 0 Å². The number of sulfonamides is 1. The Hall–Kier alpha value is -4.74. The number of nitrogens with one attached hydrogen (secondary N) is 3. The largest absolute Gasteiger partial charge is 0.382 e. The predicted octanol–water partition coefficient (Wildman–Crippen LogP) is 4.15. The lowest BCUT2D eigenvalue weighted by Crippen LogP contribution is -2.43. The minimum absolute atomic E-state index is 0.0625. The Morgan fingerprint density at radius 1 is 0.977 bits per heavy atom. The average Bonchev–Trinajstić information content (AvgIpc) is 3.36. The molecule has 1 amide bonds. The first-order valence-corrected chi connectivity index (χ1v) is 15.6. The summed E-state index contributed by atoms with van der Waals surface area (Å²) >= 11 is 0. The van der Waals surface area contributed by atoms with E-state index < -0.39 is 10.0 Å². The molecule has 43 heavy (non-hydrogen) atoms. The van der Waals surface area contributed by atoms with Gasteiger partial charge in [-0.2, -0.15) is 0 Å². The van der Waals surface area contributed by atoms with E-state index in [1.807, 2.05) is 34.9 Å². The molecule has 3 heterocycles. The van der Waals surface area contributed by atoms with Gasteiger partial charge in [-0.1, -0.05) is 42.5 Å². The second kappa shape index (κ2) is 11.5. The number of fused-ring (bicyclic) bond motifs is 2. The van der Waals surface area contributed by atoms with E-state index in [9.17, 15) is 13.2 Å². The number of rotatable bonds is 8. The predicted molar refractivity (Wildman–Crippen MR) is 169 cm³/mol. The van der Waals surface area contributed by atoms with Gasteiger partial charge in [0, 0.05) is 17.1 Å².